The van der Waals surface area contributed by atoms with Gasteiger partial charge in [-0.3, -0.25) is 4.79 Å². The van der Waals surface area contributed by atoms with Crippen molar-refractivity contribution in [2.45, 2.75) is 105 Å². The number of rotatable bonds is 5. The molecular formula is C27H44AcO2. The van der Waals surface area contributed by atoms with Crippen LogP contribution in [-0.4, -0.2) is 17.0 Å². The van der Waals surface area contributed by atoms with E-state index >= 15 is 0 Å². The molecule has 1 N–H and O–H groups in total. The van der Waals surface area contributed by atoms with Crippen molar-refractivity contribution in [1.29, 1.82) is 0 Å². The fourth-order valence-electron chi connectivity index (χ4n) is 8.41. The SMILES string of the molecule is CC(C)CCC[C@@H](C)C1CC[C@H]2[C@@H]3C(=O)C=C4C[C@@H](O)CC[C@]4(C)[C@H]3CC[C@]12C.[Ac]. The molecule has 0 aliphatic heterocycles. The van der Waals surface area contributed by atoms with Crippen molar-refractivity contribution in [2.75, 3.05) is 0 Å². The van der Waals surface area contributed by atoms with E-state index in [0.29, 0.717) is 23.0 Å². The summed E-state index contributed by atoms with van der Waals surface area (Å²) >= 11 is 0. The minimum Gasteiger partial charge on any atom is -0.393 e. The number of aliphatic hydroxyl groups is 1. The van der Waals surface area contributed by atoms with Crippen LogP contribution in [0.15, 0.2) is 11.6 Å². The number of aliphatic hydroxyl groups excluding tert-OH is 1. The van der Waals surface area contributed by atoms with E-state index in [1.54, 1.807) is 0 Å². The normalized spacial score (nSPS) is 43.9. The molecule has 0 aromatic rings. The van der Waals surface area contributed by atoms with E-state index in [9.17, 15) is 9.90 Å². The Balaban J connectivity index is 0.00000256. The van der Waals surface area contributed by atoms with E-state index < -0.39 is 0 Å². The van der Waals surface area contributed by atoms with Gasteiger partial charge < -0.3 is 5.11 Å². The third kappa shape index (κ3) is 4.32. The second kappa shape index (κ2) is 9.59. The first-order chi connectivity index (χ1) is 13.7. The first kappa shape index (κ1) is 25.4. The standard InChI is InChI=1S/C27H44O2.Ac/c1-17(2)7-6-8-18(3)21-9-10-22-25-23(12-14-27(21,22)5)26(4)13-11-20(28)15-19(26)16-24(25)29;/h16-18,20-23,25,28H,6-15H2,1-5H3;/t18-,20+,21?,22+,23+,25+,26+,27-;/m1./s1. The Morgan fingerprint density at radius 1 is 1.03 bits per heavy atom. The van der Waals surface area contributed by atoms with Gasteiger partial charge in [0.25, 0.3) is 0 Å². The predicted molar refractivity (Wildman–Crippen MR) is 119 cm³/mol. The molecule has 0 aromatic heterocycles. The van der Waals surface area contributed by atoms with E-state index in [4.69, 9.17) is 0 Å². The van der Waals surface area contributed by atoms with Gasteiger partial charge in [-0.05, 0) is 91.4 Å². The minimum atomic E-state index is -0.241. The van der Waals surface area contributed by atoms with Crippen LogP contribution >= 0.6 is 0 Å². The van der Waals surface area contributed by atoms with Gasteiger partial charge in [-0.2, -0.15) is 0 Å². The quantitative estimate of drug-likeness (QED) is 0.375. The summed E-state index contributed by atoms with van der Waals surface area (Å²) in [6.45, 7) is 12.1. The number of carbonyl (C=O) groups excluding carboxylic acids is 1. The molecule has 3 fully saturated rings. The third-order valence-corrected chi connectivity index (χ3v) is 10.1. The molecule has 1 unspecified atom stereocenters. The largest absolute Gasteiger partial charge is 0.393 e. The van der Waals surface area contributed by atoms with Gasteiger partial charge in [0.15, 0.2) is 5.78 Å². The zero-order chi connectivity index (χ0) is 21.0. The molecule has 2 nitrogen and oxygen atoms in total. The maximum absolute atomic E-state index is 13.4. The molecule has 4 aliphatic rings. The Bertz CT molecular complexity index is 670. The van der Waals surface area contributed by atoms with Crippen LogP contribution < -0.4 is 0 Å². The van der Waals surface area contributed by atoms with Crippen LogP contribution in [-0.2, 0) is 4.79 Å². The minimum absolute atomic E-state index is 0. The van der Waals surface area contributed by atoms with Crippen LogP contribution in [0.4, 0.5) is 0 Å². The average molecular weight is 628 g/mol. The summed E-state index contributed by atoms with van der Waals surface area (Å²) in [6, 6.07) is 0. The third-order valence-electron chi connectivity index (χ3n) is 10.1. The van der Waals surface area contributed by atoms with E-state index in [0.717, 1.165) is 37.0 Å². The molecular weight excluding hydrogens is 583 g/mol. The summed E-state index contributed by atoms with van der Waals surface area (Å²) in [4.78, 5) is 13.4. The number of hydrogen-bond acceptors (Lipinski definition) is 2. The molecule has 0 bridgehead atoms. The molecule has 0 aromatic carbocycles. The fraction of sp³-hybridized carbons (Fsp3) is 0.889. The van der Waals surface area contributed by atoms with Crippen molar-refractivity contribution < 1.29 is 54.0 Å². The summed E-state index contributed by atoms with van der Waals surface area (Å²) < 4.78 is 0. The smallest absolute Gasteiger partial charge is 0.159 e. The second-order valence-corrected chi connectivity index (χ2v) is 12.2. The molecule has 4 aliphatic carbocycles. The molecule has 1 radical (unpaired) electrons. The van der Waals surface area contributed by atoms with E-state index in [1.165, 1.54) is 50.5 Å². The molecule has 3 saturated carbocycles. The van der Waals surface area contributed by atoms with Crippen molar-refractivity contribution in [1.82, 2.24) is 0 Å². The summed E-state index contributed by atoms with van der Waals surface area (Å²) in [7, 11) is 0. The maximum Gasteiger partial charge on any atom is 0.159 e. The van der Waals surface area contributed by atoms with Gasteiger partial charge in [-0.15, -0.1) is 0 Å². The van der Waals surface area contributed by atoms with Gasteiger partial charge in [-0.25, -0.2) is 0 Å². The molecule has 167 valence electrons. The van der Waals surface area contributed by atoms with Crippen molar-refractivity contribution in [2.24, 2.45) is 46.3 Å². The molecule has 3 heteroatoms. The van der Waals surface area contributed by atoms with Crippen LogP contribution in [0.2, 0.25) is 0 Å². The number of allylic oxidation sites excluding steroid dienone is 1. The Hall–Kier alpha value is 0.812. The van der Waals surface area contributed by atoms with Gasteiger partial charge >= 0.3 is 0 Å². The van der Waals surface area contributed by atoms with Crippen molar-refractivity contribution in [3.05, 3.63) is 11.6 Å². The molecule has 0 spiro atoms. The van der Waals surface area contributed by atoms with Crippen LogP contribution in [0.1, 0.15) is 98.8 Å². The first-order valence-corrected chi connectivity index (χ1v) is 12.6. The fourth-order valence-corrected chi connectivity index (χ4v) is 8.41. The Kier molecular flexibility index (Phi) is 8.13. The molecule has 0 heterocycles. The molecule has 30 heavy (non-hydrogen) atoms. The molecule has 0 amide bonds. The molecule has 0 saturated heterocycles. The number of fused-ring (bicyclic) bond motifs is 5. The second-order valence-electron chi connectivity index (χ2n) is 12.2. The molecule has 8 atom stereocenters. The monoisotopic (exact) mass is 627 g/mol. The van der Waals surface area contributed by atoms with Gasteiger partial charge in [0.1, 0.15) is 0 Å². The van der Waals surface area contributed by atoms with Crippen LogP contribution in [0, 0.1) is 90.4 Å². The average Bonchev–Trinajstić information content (AvgIpc) is 3.00. The van der Waals surface area contributed by atoms with Crippen molar-refractivity contribution in [3.8, 4) is 0 Å². The van der Waals surface area contributed by atoms with Crippen molar-refractivity contribution in [3.63, 3.8) is 0 Å². The summed E-state index contributed by atoms with van der Waals surface area (Å²) in [5, 5.41) is 10.2. The maximum atomic E-state index is 13.4. The van der Waals surface area contributed by atoms with Gasteiger partial charge in [0.2, 0.25) is 0 Å². The van der Waals surface area contributed by atoms with E-state index in [-0.39, 0.29) is 61.5 Å². The first-order valence-electron chi connectivity index (χ1n) is 12.6. The summed E-state index contributed by atoms with van der Waals surface area (Å²) in [5.41, 5.74) is 1.77. The number of hydrogen-bond donors (Lipinski definition) is 1. The van der Waals surface area contributed by atoms with E-state index in [1.807, 2.05) is 6.08 Å². The Morgan fingerprint density at radius 2 is 1.77 bits per heavy atom. The van der Waals surface area contributed by atoms with Gasteiger partial charge in [-0.1, -0.05) is 59.5 Å². The van der Waals surface area contributed by atoms with Crippen LogP contribution in [0.3, 0.4) is 0 Å². The number of ketones is 1. The van der Waals surface area contributed by atoms with Gasteiger partial charge in [0.05, 0.1) is 6.10 Å². The Labute approximate surface area is 221 Å². The topological polar surface area (TPSA) is 37.3 Å². The van der Waals surface area contributed by atoms with Crippen LogP contribution in [0.25, 0.3) is 0 Å². The number of carbonyl (C=O) groups is 1. The molecule has 4 rings (SSSR count). The Morgan fingerprint density at radius 3 is 2.47 bits per heavy atom. The summed E-state index contributed by atoms with van der Waals surface area (Å²) in [6.07, 6.45) is 13.6. The van der Waals surface area contributed by atoms with Crippen molar-refractivity contribution >= 4 is 5.78 Å². The zero-order valence-electron chi connectivity index (χ0n) is 20.1. The van der Waals surface area contributed by atoms with E-state index in [2.05, 4.69) is 34.6 Å². The van der Waals surface area contributed by atoms with Gasteiger partial charge in [0, 0.05) is 50.0 Å². The van der Waals surface area contributed by atoms with Crippen LogP contribution in [0.5, 0.6) is 0 Å². The zero-order valence-corrected chi connectivity index (χ0v) is 24.9. The predicted octanol–water partition coefficient (Wildman–Crippen LogP) is 6.57. The summed E-state index contributed by atoms with van der Waals surface area (Å²) in [5.74, 6) is 4.11.